The van der Waals surface area contributed by atoms with E-state index < -0.39 is 0 Å². The largest absolute Gasteiger partial charge is 0.490 e. The minimum absolute atomic E-state index is 0.0334. The van der Waals surface area contributed by atoms with Crippen molar-refractivity contribution in [1.29, 1.82) is 0 Å². The van der Waals surface area contributed by atoms with Gasteiger partial charge in [0.05, 0.1) is 43.1 Å². The fourth-order valence-corrected chi connectivity index (χ4v) is 5.06. The Hall–Kier alpha value is -3.39. The van der Waals surface area contributed by atoms with Gasteiger partial charge < -0.3 is 23.7 Å². The van der Waals surface area contributed by atoms with Crippen molar-refractivity contribution < 1.29 is 23.8 Å². The molecule has 2 fully saturated rings. The molecule has 0 N–H and O–H groups in total. The lowest BCUT2D eigenvalue weighted by molar-refractivity contribution is 0.0304. The fourth-order valence-electron chi connectivity index (χ4n) is 5.06. The zero-order valence-corrected chi connectivity index (χ0v) is 20.0. The molecule has 0 spiro atoms. The number of nitrogens with zero attached hydrogens (tertiary/aromatic N) is 3. The first kappa shape index (κ1) is 23.4. The Morgan fingerprint density at radius 3 is 2.51 bits per heavy atom. The van der Waals surface area contributed by atoms with Crippen LogP contribution in [-0.2, 0) is 16.0 Å². The minimum Gasteiger partial charge on any atom is -0.490 e. The highest BCUT2D eigenvalue weighted by molar-refractivity contribution is 6.05. The number of morpholine rings is 1. The maximum atomic E-state index is 13.2. The van der Waals surface area contributed by atoms with Crippen LogP contribution < -0.4 is 4.74 Å². The maximum Gasteiger partial charge on any atom is 0.337 e. The van der Waals surface area contributed by atoms with Gasteiger partial charge in [0, 0.05) is 32.0 Å². The van der Waals surface area contributed by atoms with Crippen LogP contribution in [0.5, 0.6) is 5.75 Å². The van der Waals surface area contributed by atoms with Crippen LogP contribution in [0.4, 0.5) is 0 Å². The van der Waals surface area contributed by atoms with Crippen molar-refractivity contribution >= 4 is 22.9 Å². The Balaban J connectivity index is 1.21. The molecule has 2 aromatic heterocycles. The number of pyridine rings is 1. The molecule has 1 aliphatic carbocycles. The number of esters is 1. The number of carbonyl (C=O) groups is 2. The van der Waals surface area contributed by atoms with E-state index in [0.717, 1.165) is 49.0 Å². The van der Waals surface area contributed by atoms with Crippen LogP contribution >= 0.6 is 0 Å². The third-order valence-electron chi connectivity index (χ3n) is 6.99. The highest BCUT2D eigenvalue weighted by Gasteiger charge is 2.26. The van der Waals surface area contributed by atoms with Gasteiger partial charge in [-0.1, -0.05) is 0 Å². The lowest BCUT2D eigenvalue weighted by atomic mass is 9.87. The van der Waals surface area contributed by atoms with Gasteiger partial charge >= 0.3 is 5.97 Å². The summed E-state index contributed by atoms with van der Waals surface area (Å²) in [4.78, 5) is 31.2. The third-order valence-corrected chi connectivity index (χ3v) is 6.99. The van der Waals surface area contributed by atoms with Crippen molar-refractivity contribution in [2.24, 2.45) is 5.92 Å². The van der Waals surface area contributed by atoms with Crippen molar-refractivity contribution in [3.8, 4) is 5.75 Å². The Morgan fingerprint density at radius 2 is 1.80 bits per heavy atom. The number of carbonyl (C=O) groups excluding carboxylic acids is 2. The van der Waals surface area contributed by atoms with Gasteiger partial charge in [0.25, 0.3) is 5.91 Å². The van der Waals surface area contributed by atoms with Gasteiger partial charge in [0.2, 0.25) is 0 Å². The number of fused-ring (bicyclic) bond motifs is 1. The number of benzene rings is 1. The number of aromatic nitrogens is 2. The molecule has 1 saturated carbocycles. The number of hydrogen-bond acceptors (Lipinski definition) is 6. The Labute approximate surface area is 204 Å². The normalized spacial score (nSPS) is 20.5. The second-order valence-corrected chi connectivity index (χ2v) is 9.25. The monoisotopic (exact) mass is 477 g/mol. The van der Waals surface area contributed by atoms with Gasteiger partial charge in [0.15, 0.2) is 0 Å². The topological polar surface area (TPSA) is 82.9 Å². The van der Waals surface area contributed by atoms with E-state index in [2.05, 4.69) is 9.55 Å². The number of methoxy groups -OCH3 is 1. The molecule has 1 aliphatic heterocycles. The lowest BCUT2D eigenvalue weighted by Gasteiger charge is -2.29. The van der Waals surface area contributed by atoms with Crippen molar-refractivity contribution in [2.75, 3.05) is 33.4 Å². The second-order valence-electron chi connectivity index (χ2n) is 9.25. The number of hydrogen-bond donors (Lipinski definition) is 0. The average molecular weight is 478 g/mol. The molecule has 0 unspecified atom stereocenters. The van der Waals surface area contributed by atoms with E-state index in [9.17, 15) is 9.59 Å². The van der Waals surface area contributed by atoms with Crippen molar-refractivity contribution in [3.05, 3.63) is 59.9 Å². The highest BCUT2D eigenvalue weighted by Crippen LogP contribution is 2.31. The van der Waals surface area contributed by atoms with E-state index >= 15 is 0 Å². The molecule has 1 saturated heterocycles. The first-order chi connectivity index (χ1) is 17.1. The maximum absolute atomic E-state index is 13.2. The molecule has 8 heteroatoms. The Morgan fingerprint density at radius 1 is 1.06 bits per heavy atom. The van der Waals surface area contributed by atoms with Crippen LogP contribution in [0.1, 0.15) is 46.4 Å². The van der Waals surface area contributed by atoms with Gasteiger partial charge in [0.1, 0.15) is 11.3 Å². The predicted octanol–water partition coefficient (Wildman–Crippen LogP) is 3.93. The van der Waals surface area contributed by atoms with Crippen LogP contribution in [-0.4, -0.2) is 65.8 Å². The van der Waals surface area contributed by atoms with Crippen LogP contribution in [0.15, 0.2) is 48.8 Å². The van der Waals surface area contributed by atoms with Gasteiger partial charge in [-0.05, 0) is 68.0 Å². The summed E-state index contributed by atoms with van der Waals surface area (Å²) in [6.07, 6.45) is 7.96. The molecule has 5 rings (SSSR count). The molecule has 1 aromatic carbocycles. The summed E-state index contributed by atoms with van der Waals surface area (Å²) < 4.78 is 18.5. The summed E-state index contributed by atoms with van der Waals surface area (Å²) in [5.74, 6) is 0.971. The summed E-state index contributed by atoms with van der Waals surface area (Å²) in [6, 6.07) is 11.1. The summed E-state index contributed by atoms with van der Waals surface area (Å²) in [5.41, 5.74) is 2.97. The number of amides is 1. The molecule has 3 heterocycles. The van der Waals surface area contributed by atoms with Crippen molar-refractivity contribution in [3.63, 3.8) is 0 Å². The van der Waals surface area contributed by atoms with E-state index in [1.165, 1.54) is 7.11 Å². The third kappa shape index (κ3) is 5.17. The highest BCUT2D eigenvalue weighted by atomic mass is 16.5. The van der Waals surface area contributed by atoms with Crippen LogP contribution in [0.3, 0.4) is 0 Å². The first-order valence-electron chi connectivity index (χ1n) is 12.3. The van der Waals surface area contributed by atoms with E-state index in [1.54, 1.807) is 18.3 Å². The summed E-state index contributed by atoms with van der Waals surface area (Å²) in [5, 5.41) is 0. The minimum atomic E-state index is -0.348. The molecular weight excluding hydrogens is 446 g/mol. The molecule has 184 valence electrons. The molecule has 0 bridgehead atoms. The van der Waals surface area contributed by atoms with Crippen LogP contribution in [0.25, 0.3) is 11.0 Å². The number of ether oxygens (including phenoxy) is 3. The van der Waals surface area contributed by atoms with Gasteiger partial charge in [-0.3, -0.25) is 9.78 Å². The fraction of sp³-hybridized carbons (Fsp3) is 0.444. The SMILES string of the molecule is COC(=O)c1ccc(OC2CCC(Cn3cc(C(=O)N4CCOCC4)c4ncccc43)CC2)cc1. The molecule has 2 aliphatic rings. The zero-order valence-electron chi connectivity index (χ0n) is 20.0. The molecular formula is C27H31N3O5. The van der Waals surface area contributed by atoms with Gasteiger partial charge in [-0.15, -0.1) is 0 Å². The summed E-state index contributed by atoms with van der Waals surface area (Å²) >= 11 is 0. The van der Waals surface area contributed by atoms with Crippen molar-refractivity contribution in [1.82, 2.24) is 14.5 Å². The van der Waals surface area contributed by atoms with Gasteiger partial charge in [-0.2, -0.15) is 0 Å². The standard InChI is InChI=1S/C27H31N3O5/c1-33-27(32)20-6-10-22(11-7-20)35-21-8-4-19(5-9-21)17-30-18-23(25-24(30)3-2-12-28-25)26(31)29-13-15-34-16-14-29/h2-3,6-7,10-12,18-19,21H,4-5,8-9,13-17H2,1H3. The average Bonchev–Trinajstić information content (AvgIpc) is 3.28. The summed E-state index contributed by atoms with van der Waals surface area (Å²) in [7, 11) is 1.38. The van der Waals surface area contributed by atoms with Crippen LogP contribution in [0, 0.1) is 5.92 Å². The second kappa shape index (κ2) is 10.5. The van der Waals surface area contributed by atoms with Gasteiger partial charge in [-0.25, -0.2) is 4.79 Å². The Bertz CT molecular complexity index is 1180. The summed E-state index contributed by atoms with van der Waals surface area (Å²) in [6.45, 7) is 3.26. The van der Waals surface area contributed by atoms with E-state index in [1.807, 2.05) is 35.4 Å². The lowest BCUT2D eigenvalue weighted by Crippen LogP contribution is -2.40. The molecule has 0 atom stereocenters. The zero-order chi connectivity index (χ0) is 24.2. The molecule has 8 nitrogen and oxygen atoms in total. The van der Waals surface area contributed by atoms with E-state index in [4.69, 9.17) is 14.2 Å². The first-order valence-corrected chi connectivity index (χ1v) is 12.3. The number of rotatable bonds is 6. The molecule has 1 amide bonds. The van der Waals surface area contributed by atoms with E-state index in [0.29, 0.717) is 43.3 Å². The molecule has 35 heavy (non-hydrogen) atoms. The van der Waals surface area contributed by atoms with Crippen LogP contribution in [0.2, 0.25) is 0 Å². The Kier molecular flexibility index (Phi) is 6.99. The molecule has 3 aromatic rings. The predicted molar refractivity (Wildman–Crippen MR) is 131 cm³/mol. The quantitative estimate of drug-likeness (QED) is 0.500. The molecule has 0 radical (unpaired) electrons. The van der Waals surface area contributed by atoms with Crippen molar-refractivity contribution in [2.45, 2.75) is 38.3 Å². The van der Waals surface area contributed by atoms with E-state index in [-0.39, 0.29) is 18.0 Å². The smallest absolute Gasteiger partial charge is 0.337 e.